The summed E-state index contributed by atoms with van der Waals surface area (Å²) < 4.78 is 38.3. The van der Waals surface area contributed by atoms with E-state index < -0.39 is 27.6 Å². The molecule has 0 aliphatic carbocycles. The quantitative estimate of drug-likeness (QED) is 0.471. The predicted molar refractivity (Wildman–Crippen MR) is 87.2 cm³/mol. The van der Waals surface area contributed by atoms with Gasteiger partial charge in [0.25, 0.3) is 5.69 Å². The van der Waals surface area contributed by atoms with Crippen molar-refractivity contribution in [3.8, 4) is 0 Å². The minimum atomic E-state index is -4.60. The zero-order valence-electron chi connectivity index (χ0n) is 12.4. The van der Waals surface area contributed by atoms with Crippen molar-refractivity contribution >= 4 is 35.0 Å². The van der Waals surface area contributed by atoms with Crippen molar-refractivity contribution in [3.63, 3.8) is 0 Å². The van der Waals surface area contributed by atoms with Gasteiger partial charge in [0.15, 0.2) is 0 Å². The Kier molecular flexibility index (Phi) is 5.43. The van der Waals surface area contributed by atoms with Gasteiger partial charge < -0.3 is 5.32 Å². The van der Waals surface area contributed by atoms with Crippen LogP contribution < -0.4 is 5.32 Å². The number of amides is 1. The number of nitro benzene ring substituents is 1. The van der Waals surface area contributed by atoms with Gasteiger partial charge in [0.2, 0.25) is 5.91 Å². The van der Waals surface area contributed by atoms with Crippen LogP contribution in [-0.2, 0) is 11.0 Å². The average Bonchev–Trinajstić information content (AvgIpc) is 2.53. The van der Waals surface area contributed by atoms with Gasteiger partial charge in [-0.1, -0.05) is 23.7 Å². The molecule has 0 radical (unpaired) electrons. The molecule has 0 unspecified atom stereocenters. The number of nitro groups is 1. The number of non-ortho nitro benzene ring substituents is 1. The molecule has 0 aromatic heterocycles. The van der Waals surface area contributed by atoms with E-state index in [-0.39, 0.29) is 16.9 Å². The summed E-state index contributed by atoms with van der Waals surface area (Å²) in [5.41, 5.74) is -0.883. The van der Waals surface area contributed by atoms with Gasteiger partial charge in [0.1, 0.15) is 0 Å². The van der Waals surface area contributed by atoms with Crippen LogP contribution in [0, 0.1) is 10.1 Å². The first-order valence-corrected chi connectivity index (χ1v) is 7.15. The highest BCUT2D eigenvalue weighted by Crippen LogP contribution is 2.35. The van der Waals surface area contributed by atoms with Gasteiger partial charge in [0.05, 0.1) is 15.5 Å². The maximum atomic E-state index is 12.8. The average molecular weight is 371 g/mol. The molecule has 2 aromatic rings. The molecular formula is C16H10ClF3N2O3. The molecule has 5 nitrogen and oxygen atoms in total. The van der Waals surface area contributed by atoms with E-state index >= 15 is 0 Å². The third-order valence-electron chi connectivity index (χ3n) is 3.05. The van der Waals surface area contributed by atoms with E-state index in [1.807, 2.05) is 0 Å². The van der Waals surface area contributed by atoms with Crippen LogP contribution in [0.2, 0.25) is 5.02 Å². The molecule has 1 N–H and O–H groups in total. The number of nitrogens with zero attached hydrogens (tertiary/aromatic N) is 1. The highest BCUT2D eigenvalue weighted by Gasteiger charge is 2.33. The fourth-order valence-corrected chi connectivity index (χ4v) is 2.14. The van der Waals surface area contributed by atoms with Crippen LogP contribution in [0.5, 0.6) is 0 Å². The van der Waals surface area contributed by atoms with E-state index in [0.29, 0.717) is 0 Å². The number of halogens is 4. The number of anilines is 1. The second-order valence-corrected chi connectivity index (χ2v) is 5.27. The number of carbonyl (C=O) groups is 1. The number of carbonyl (C=O) groups excluding carboxylic acids is 1. The van der Waals surface area contributed by atoms with Crippen LogP contribution in [0.3, 0.4) is 0 Å². The number of rotatable bonds is 4. The van der Waals surface area contributed by atoms with E-state index in [9.17, 15) is 28.1 Å². The molecule has 25 heavy (non-hydrogen) atoms. The second-order valence-electron chi connectivity index (χ2n) is 4.87. The van der Waals surface area contributed by atoms with Crippen molar-refractivity contribution in [2.24, 2.45) is 0 Å². The number of hydrogen-bond donors (Lipinski definition) is 1. The summed E-state index contributed by atoms with van der Waals surface area (Å²) in [6.45, 7) is 0. The van der Waals surface area contributed by atoms with E-state index in [1.54, 1.807) is 0 Å². The lowest BCUT2D eigenvalue weighted by atomic mass is 10.1. The summed E-state index contributed by atoms with van der Waals surface area (Å²) in [5.74, 6) is -0.649. The van der Waals surface area contributed by atoms with Crippen LogP contribution in [-0.4, -0.2) is 10.8 Å². The summed E-state index contributed by atoms with van der Waals surface area (Å²) in [6, 6.07) is 8.50. The van der Waals surface area contributed by atoms with Gasteiger partial charge in [0, 0.05) is 23.9 Å². The maximum Gasteiger partial charge on any atom is 0.417 e. The van der Waals surface area contributed by atoms with Crippen molar-refractivity contribution in [2.45, 2.75) is 6.18 Å². The fourth-order valence-electron chi connectivity index (χ4n) is 1.92. The van der Waals surface area contributed by atoms with Gasteiger partial charge in [-0.25, -0.2) is 0 Å². The summed E-state index contributed by atoms with van der Waals surface area (Å²) in [7, 11) is 0. The SMILES string of the molecule is O=C(/C=C/c1ccc(Cl)c(C(F)(F)F)c1)Nc1cccc([N+](=O)[O-])c1. The summed E-state index contributed by atoms with van der Waals surface area (Å²) in [4.78, 5) is 21.9. The molecule has 0 fully saturated rings. The molecular weight excluding hydrogens is 361 g/mol. The second kappa shape index (κ2) is 7.35. The smallest absolute Gasteiger partial charge is 0.322 e. The lowest BCUT2D eigenvalue weighted by molar-refractivity contribution is -0.384. The largest absolute Gasteiger partial charge is 0.417 e. The topological polar surface area (TPSA) is 72.2 Å². The number of hydrogen-bond acceptors (Lipinski definition) is 3. The monoisotopic (exact) mass is 370 g/mol. The molecule has 0 bridgehead atoms. The Morgan fingerprint density at radius 3 is 2.56 bits per heavy atom. The van der Waals surface area contributed by atoms with Crippen molar-refractivity contribution in [2.75, 3.05) is 5.32 Å². The minimum Gasteiger partial charge on any atom is -0.322 e. The Morgan fingerprint density at radius 2 is 1.92 bits per heavy atom. The Bertz CT molecular complexity index is 851. The van der Waals surface area contributed by atoms with Gasteiger partial charge in [-0.2, -0.15) is 13.2 Å². The first-order valence-electron chi connectivity index (χ1n) is 6.77. The molecule has 0 saturated carbocycles. The molecule has 0 spiro atoms. The van der Waals surface area contributed by atoms with Crippen molar-refractivity contribution < 1.29 is 22.9 Å². The van der Waals surface area contributed by atoms with Gasteiger partial charge in [-0.3, -0.25) is 14.9 Å². The van der Waals surface area contributed by atoms with E-state index in [1.165, 1.54) is 30.3 Å². The molecule has 0 saturated heterocycles. The van der Waals surface area contributed by atoms with Gasteiger partial charge in [-0.05, 0) is 29.8 Å². The first kappa shape index (κ1) is 18.5. The zero-order valence-corrected chi connectivity index (χ0v) is 13.1. The first-order chi connectivity index (χ1) is 11.7. The molecule has 130 valence electrons. The summed E-state index contributed by atoms with van der Waals surface area (Å²) in [5, 5.41) is 12.6. The normalized spacial score (nSPS) is 11.5. The molecule has 9 heteroatoms. The zero-order chi connectivity index (χ0) is 18.6. The van der Waals surface area contributed by atoms with Crippen LogP contribution >= 0.6 is 11.6 Å². The van der Waals surface area contributed by atoms with Crippen LogP contribution in [0.15, 0.2) is 48.5 Å². The fraction of sp³-hybridized carbons (Fsp3) is 0.0625. The third kappa shape index (κ3) is 5.05. The Morgan fingerprint density at radius 1 is 1.20 bits per heavy atom. The number of benzene rings is 2. The Labute approximate surface area is 144 Å². The number of nitrogens with one attached hydrogen (secondary N) is 1. The summed E-state index contributed by atoms with van der Waals surface area (Å²) >= 11 is 5.51. The van der Waals surface area contributed by atoms with Crippen LogP contribution in [0.4, 0.5) is 24.5 Å². The highest BCUT2D eigenvalue weighted by atomic mass is 35.5. The maximum absolute atomic E-state index is 12.8. The molecule has 2 rings (SSSR count). The number of alkyl halides is 3. The molecule has 0 heterocycles. The van der Waals surface area contributed by atoms with Gasteiger partial charge in [-0.15, -0.1) is 0 Å². The molecule has 0 aliphatic heterocycles. The Hall–Kier alpha value is -2.87. The van der Waals surface area contributed by atoms with Crippen LogP contribution in [0.25, 0.3) is 6.08 Å². The third-order valence-corrected chi connectivity index (χ3v) is 3.38. The molecule has 0 atom stereocenters. The van der Waals surface area contributed by atoms with E-state index in [2.05, 4.69) is 5.32 Å². The van der Waals surface area contributed by atoms with Crippen LogP contribution in [0.1, 0.15) is 11.1 Å². The van der Waals surface area contributed by atoms with E-state index in [0.717, 1.165) is 24.3 Å². The highest BCUT2D eigenvalue weighted by molar-refractivity contribution is 6.31. The standard InChI is InChI=1S/C16H10ClF3N2O3/c17-14-6-4-10(8-13(14)16(18,19)20)5-7-15(23)21-11-2-1-3-12(9-11)22(24)25/h1-9H,(H,21,23)/b7-5+. The van der Waals surface area contributed by atoms with Crippen molar-refractivity contribution in [3.05, 3.63) is 74.8 Å². The molecule has 0 aliphatic rings. The summed E-state index contributed by atoms with van der Waals surface area (Å²) in [6.07, 6.45) is -2.41. The predicted octanol–water partition coefficient (Wildman–Crippen LogP) is 4.92. The minimum absolute atomic E-state index is 0.130. The molecule has 2 aromatic carbocycles. The lowest BCUT2D eigenvalue weighted by Crippen LogP contribution is -2.08. The Balaban J connectivity index is 2.13. The van der Waals surface area contributed by atoms with E-state index in [4.69, 9.17) is 11.6 Å². The lowest BCUT2D eigenvalue weighted by Gasteiger charge is -2.09. The van der Waals surface area contributed by atoms with Gasteiger partial charge >= 0.3 is 6.18 Å². The van der Waals surface area contributed by atoms with Crippen molar-refractivity contribution in [1.29, 1.82) is 0 Å². The van der Waals surface area contributed by atoms with Crippen molar-refractivity contribution in [1.82, 2.24) is 0 Å². The molecule has 1 amide bonds.